The molecule has 0 spiro atoms. The van der Waals surface area contributed by atoms with E-state index in [1.165, 1.54) is 0 Å². The van der Waals surface area contributed by atoms with E-state index in [2.05, 4.69) is 10.2 Å². The lowest BCUT2D eigenvalue weighted by atomic mass is 10.1. The third-order valence-electron chi connectivity index (χ3n) is 4.57. The average molecular weight is 348 g/mol. The first-order valence-electron chi connectivity index (χ1n) is 8.70. The fourth-order valence-corrected chi connectivity index (χ4v) is 3.02. The Bertz CT molecular complexity index is 882. The molecule has 1 aliphatic rings. The molecule has 0 aliphatic carbocycles. The molecule has 1 saturated heterocycles. The second-order valence-corrected chi connectivity index (χ2v) is 6.40. The van der Waals surface area contributed by atoms with Crippen molar-refractivity contribution < 1.29 is 9.21 Å². The average Bonchev–Trinajstić information content (AvgIpc) is 3.19. The van der Waals surface area contributed by atoms with Crippen LogP contribution in [0.1, 0.15) is 15.9 Å². The third kappa shape index (κ3) is 3.31. The topological polar surface area (TPSA) is 62.5 Å². The van der Waals surface area contributed by atoms with Gasteiger partial charge in [-0.25, -0.2) is 0 Å². The molecular weight excluding hydrogens is 328 g/mol. The maximum absolute atomic E-state index is 12.6. The van der Waals surface area contributed by atoms with Crippen LogP contribution in [0.3, 0.4) is 0 Å². The highest BCUT2D eigenvalue weighted by Crippen LogP contribution is 2.22. The normalized spacial score (nSPS) is 14.5. The smallest absolute Gasteiger partial charge is 0.318 e. The predicted octanol–water partition coefficient (Wildman–Crippen LogP) is 3.01. The summed E-state index contributed by atoms with van der Waals surface area (Å²) in [5.74, 6) is 0.582. The lowest BCUT2D eigenvalue weighted by Gasteiger charge is -2.33. The Morgan fingerprint density at radius 1 is 0.923 bits per heavy atom. The van der Waals surface area contributed by atoms with E-state index in [9.17, 15) is 4.79 Å². The molecule has 132 valence electrons. The van der Waals surface area contributed by atoms with Crippen molar-refractivity contribution in [3.63, 3.8) is 0 Å². The summed E-state index contributed by atoms with van der Waals surface area (Å²) in [6, 6.07) is 17.9. The Balaban J connectivity index is 1.40. The lowest BCUT2D eigenvalue weighted by Crippen LogP contribution is -2.48. The molecule has 3 aromatic rings. The molecule has 6 nitrogen and oxygen atoms in total. The highest BCUT2D eigenvalue weighted by Gasteiger charge is 2.25. The summed E-state index contributed by atoms with van der Waals surface area (Å²) >= 11 is 0. The monoisotopic (exact) mass is 348 g/mol. The Labute approximate surface area is 152 Å². The first-order chi connectivity index (χ1) is 12.7. The number of carbonyl (C=O) groups excluding carboxylic acids is 1. The molecule has 6 heteroatoms. The van der Waals surface area contributed by atoms with Gasteiger partial charge in [-0.15, -0.1) is 5.10 Å². The molecule has 2 heterocycles. The van der Waals surface area contributed by atoms with E-state index >= 15 is 0 Å². The minimum absolute atomic E-state index is 0.0696. The maximum atomic E-state index is 12.6. The van der Waals surface area contributed by atoms with Crippen molar-refractivity contribution in [1.82, 2.24) is 15.1 Å². The first kappa shape index (κ1) is 16.3. The summed E-state index contributed by atoms with van der Waals surface area (Å²) in [4.78, 5) is 16.5. The van der Waals surface area contributed by atoms with Crippen molar-refractivity contribution in [2.75, 3.05) is 31.1 Å². The van der Waals surface area contributed by atoms with Crippen molar-refractivity contribution in [2.24, 2.45) is 0 Å². The summed E-state index contributed by atoms with van der Waals surface area (Å²) in [5, 5.41) is 8.29. The van der Waals surface area contributed by atoms with Gasteiger partial charge in [0.1, 0.15) is 0 Å². The SMILES string of the molecule is Cc1ccc(C(=O)N2CCN(c3nnc(-c4ccccc4)o3)CC2)cc1. The highest BCUT2D eigenvalue weighted by molar-refractivity contribution is 5.94. The molecule has 0 unspecified atom stereocenters. The standard InChI is InChI=1S/C20H20N4O2/c1-15-7-9-17(10-8-15)19(25)23-11-13-24(14-12-23)20-22-21-18(26-20)16-5-3-2-4-6-16/h2-10H,11-14H2,1H3. The molecule has 0 bridgehead atoms. The lowest BCUT2D eigenvalue weighted by molar-refractivity contribution is 0.0745. The zero-order valence-corrected chi connectivity index (χ0v) is 14.6. The van der Waals surface area contributed by atoms with Crippen LogP contribution in [0.2, 0.25) is 0 Å². The van der Waals surface area contributed by atoms with Crippen LogP contribution >= 0.6 is 0 Å². The quantitative estimate of drug-likeness (QED) is 0.728. The Morgan fingerprint density at radius 3 is 2.31 bits per heavy atom. The van der Waals surface area contributed by atoms with Gasteiger partial charge in [-0.05, 0) is 31.2 Å². The van der Waals surface area contributed by atoms with Gasteiger partial charge in [-0.1, -0.05) is 41.0 Å². The van der Waals surface area contributed by atoms with Gasteiger partial charge in [0.25, 0.3) is 5.91 Å². The number of hydrogen-bond acceptors (Lipinski definition) is 5. The van der Waals surface area contributed by atoms with E-state index in [-0.39, 0.29) is 5.91 Å². The largest absolute Gasteiger partial charge is 0.403 e. The fourth-order valence-electron chi connectivity index (χ4n) is 3.02. The predicted molar refractivity (Wildman–Crippen MR) is 99.0 cm³/mol. The molecule has 1 aliphatic heterocycles. The van der Waals surface area contributed by atoms with Gasteiger partial charge in [-0.3, -0.25) is 4.79 Å². The van der Waals surface area contributed by atoms with Gasteiger partial charge in [0, 0.05) is 37.3 Å². The second kappa shape index (κ2) is 7.00. The number of hydrogen-bond donors (Lipinski definition) is 0. The van der Waals surface area contributed by atoms with Gasteiger partial charge < -0.3 is 14.2 Å². The second-order valence-electron chi connectivity index (χ2n) is 6.40. The molecule has 2 aromatic carbocycles. The van der Waals surface area contributed by atoms with Gasteiger partial charge in [0.2, 0.25) is 5.89 Å². The van der Waals surface area contributed by atoms with Crippen molar-refractivity contribution in [3.05, 3.63) is 65.7 Å². The molecule has 1 amide bonds. The zero-order valence-electron chi connectivity index (χ0n) is 14.6. The van der Waals surface area contributed by atoms with Crippen LogP contribution in [-0.2, 0) is 0 Å². The van der Waals surface area contributed by atoms with Crippen molar-refractivity contribution in [2.45, 2.75) is 6.92 Å². The van der Waals surface area contributed by atoms with E-state index in [0.29, 0.717) is 38.1 Å². The van der Waals surface area contributed by atoms with Crippen molar-refractivity contribution in [3.8, 4) is 11.5 Å². The van der Waals surface area contributed by atoms with E-state index in [1.54, 1.807) is 0 Å². The molecule has 1 fully saturated rings. The van der Waals surface area contributed by atoms with Crippen LogP contribution in [-0.4, -0.2) is 47.2 Å². The van der Waals surface area contributed by atoms with Crippen molar-refractivity contribution >= 4 is 11.9 Å². The molecule has 1 aromatic heterocycles. The molecular formula is C20H20N4O2. The number of rotatable bonds is 3. The van der Waals surface area contributed by atoms with Crippen LogP contribution in [0.4, 0.5) is 6.01 Å². The van der Waals surface area contributed by atoms with Crippen LogP contribution in [0, 0.1) is 6.92 Å². The fraction of sp³-hybridized carbons (Fsp3) is 0.250. The Kier molecular flexibility index (Phi) is 4.39. The molecule has 0 N–H and O–H groups in total. The van der Waals surface area contributed by atoms with Crippen LogP contribution < -0.4 is 4.90 Å². The van der Waals surface area contributed by atoms with Crippen LogP contribution in [0.15, 0.2) is 59.0 Å². The molecule has 0 radical (unpaired) electrons. The summed E-state index contributed by atoms with van der Waals surface area (Å²) in [7, 11) is 0. The van der Waals surface area contributed by atoms with Crippen LogP contribution in [0.5, 0.6) is 0 Å². The maximum Gasteiger partial charge on any atom is 0.318 e. The summed E-state index contributed by atoms with van der Waals surface area (Å²) in [6.45, 7) is 4.63. The minimum Gasteiger partial charge on any atom is -0.403 e. The van der Waals surface area contributed by atoms with Crippen molar-refractivity contribution in [1.29, 1.82) is 0 Å². The number of amides is 1. The number of aromatic nitrogens is 2. The number of nitrogens with zero attached hydrogens (tertiary/aromatic N) is 4. The molecule has 0 saturated carbocycles. The van der Waals surface area contributed by atoms with Gasteiger partial charge in [-0.2, -0.15) is 0 Å². The van der Waals surface area contributed by atoms with Gasteiger partial charge in [0.05, 0.1) is 0 Å². The van der Waals surface area contributed by atoms with Crippen LogP contribution in [0.25, 0.3) is 11.5 Å². The van der Waals surface area contributed by atoms with E-state index in [1.807, 2.05) is 71.3 Å². The number of aryl methyl sites for hydroxylation is 1. The van der Waals surface area contributed by atoms with Gasteiger partial charge in [0.15, 0.2) is 0 Å². The van der Waals surface area contributed by atoms with E-state index in [4.69, 9.17) is 4.42 Å². The number of benzene rings is 2. The first-order valence-corrected chi connectivity index (χ1v) is 8.70. The highest BCUT2D eigenvalue weighted by atomic mass is 16.4. The van der Waals surface area contributed by atoms with Gasteiger partial charge >= 0.3 is 6.01 Å². The Morgan fingerprint density at radius 2 is 1.62 bits per heavy atom. The molecule has 26 heavy (non-hydrogen) atoms. The third-order valence-corrected chi connectivity index (χ3v) is 4.57. The Hall–Kier alpha value is -3.15. The zero-order chi connectivity index (χ0) is 17.9. The number of carbonyl (C=O) groups is 1. The van der Waals surface area contributed by atoms with E-state index in [0.717, 1.165) is 16.7 Å². The molecule has 4 rings (SSSR count). The number of anilines is 1. The summed E-state index contributed by atoms with van der Waals surface area (Å²) in [6.07, 6.45) is 0. The van der Waals surface area contributed by atoms with E-state index < -0.39 is 0 Å². The molecule has 0 atom stereocenters. The summed E-state index contributed by atoms with van der Waals surface area (Å²) in [5.41, 5.74) is 2.78. The summed E-state index contributed by atoms with van der Waals surface area (Å²) < 4.78 is 5.80. The minimum atomic E-state index is 0.0696. The number of piperazine rings is 1.